The first-order valence-corrected chi connectivity index (χ1v) is 7.31. The molecule has 1 heterocycles. The van der Waals surface area contributed by atoms with Gasteiger partial charge in [0.15, 0.2) is 11.6 Å². The lowest BCUT2D eigenvalue weighted by Gasteiger charge is -2.18. The Kier molecular flexibility index (Phi) is 3.48. The van der Waals surface area contributed by atoms with Crippen molar-refractivity contribution < 1.29 is 9.13 Å². The topological polar surface area (TPSA) is 12.5 Å². The lowest BCUT2D eigenvalue weighted by Crippen LogP contribution is -2.24. The van der Waals surface area contributed by atoms with Crippen molar-refractivity contribution in [3.8, 4) is 5.75 Å². The van der Waals surface area contributed by atoms with Crippen molar-refractivity contribution in [3.63, 3.8) is 0 Å². The summed E-state index contributed by atoms with van der Waals surface area (Å²) in [4.78, 5) is 2.51. The van der Waals surface area contributed by atoms with Crippen LogP contribution in [0.25, 0.3) is 0 Å². The zero-order valence-corrected chi connectivity index (χ0v) is 11.7. The zero-order valence-electron chi connectivity index (χ0n) is 11.7. The van der Waals surface area contributed by atoms with E-state index >= 15 is 0 Å². The molecule has 3 rings (SSSR count). The third-order valence-corrected chi connectivity index (χ3v) is 4.68. The van der Waals surface area contributed by atoms with Crippen LogP contribution in [0, 0.1) is 24.6 Å². The standard InChI is InChI=1S/C16H22FNO/c1-3-18-9-12-7-14(8-13(12)10-18)19-15-6-4-5-11(2)16(15)17/h4-6,12-14H,3,7-10H2,1-2H3/t12-,13+,14?. The average Bonchev–Trinajstić information content (AvgIpc) is 2.92. The summed E-state index contributed by atoms with van der Waals surface area (Å²) in [5, 5.41) is 0. The number of ether oxygens (including phenoxy) is 1. The Morgan fingerprint density at radius 3 is 2.58 bits per heavy atom. The molecule has 3 atom stereocenters. The van der Waals surface area contributed by atoms with E-state index in [4.69, 9.17) is 4.74 Å². The van der Waals surface area contributed by atoms with E-state index in [0.29, 0.717) is 11.3 Å². The van der Waals surface area contributed by atoms with Gasteiger partial charge in [0.05, 0.1) is 6.10 Å². The lowest BCUT2D eigenvalue weighted by molar-refractivity contribution is 0.179. The van der Waals surface area contributed by atoms with E-state index in [2.05, 4.69) is 11.8 Å². The van der Waals surface area contributed by atoms with Gasteiger partial charge in [-0.05, 0) is 49.8 Å². The van der Waals surface area contributed by atoms with Crippen LogP contribution in [0.3, 0.4) is 0 Å². The number of fused-ring (bicyclic) bond motifs is 1. The first kappa shape index (κ1) is 12.9. The minimum Gasteiger partial charge on any atom is -0.487 e. The molecule has 1 saturated carbocycles. The highest BCUT2D eigenvalue weighted by molar-refractivity contribution is 5.30. The van der Waals surface area contributed by atoms with E-state index in [-0.39, 0.29) is 11.9 Å². The summed E-state index contributed by atoms with van der Waals surface area (Å²) < 4.78 is 19.8. The van der Waals surface area contributed by atoms with Crippen LogP contribution in [-0.2, 0) is 0 Å². The van der Waals surface area contributed by atoms with Crippen molar-refractivity contribution in [2.24, 2.45) is 11.8 Å². The number of likely N-dealkylation sites (tertiary alicyclic amines) is 1. The molecule has 2 fully saturated rings. The molecule has 0 aromatic heterocycles. The van der Waals surface area contributed by atoms with E-state index < -0.39 is 0 Å². The summed E-state index contributed by atoms with van der Waals surface area (Å²) >= 11 is 0. The molecule has 0 spiro atoms. The second-order valence-electron chi connectivity index (χ2n) is 5.97. The van der Waals surface area contributed by atoms with E-state index in [1.807, 2.05) is 6.07 Å². The molecule has 19 heavy (non-hydrogen) atoms. The third kappa shape index (κ3) is 2.48. The highest BCUT2D eigenvalue weighted by Crippen LogP contribution is 2.40. The van der Waals surface area contributed by atoms with Crippen LogP contribution < -0.4 is 4.74 Å². The average molecular weight is 263 g/mol. The smallest absolute Gasteiger partial charge is 0.167 e. The van der Waals surface area contributed by atoms with Crippen molar-refractivity contribution in [2.75, 3.05) is 19.6 Å². The fourth-order valence-electron chi connectivity index (χ4n) is 3.59. The molecule has 0 radical (unpaired) electrons. The Balaban J connectivity index is 1.63. The molecule has 2 aliphatic rings. The quantitative estimate of drug-likeness (QED) is 0.830. The summed E-state index contributed by atoms with van der Waals surface area (Å²) in [6.45, 7) is 7.53. The highest BCUT2D eigenvalue weighted by Gasteiger charge is 2.41. The number of halogens is 1. The van der Waals surface area contributed by atoms with Gasteiger partial charge in [0, 0.05) is 13.1 Å². The molecule has 104 valence electrons. The van der Waals surface area contributed by atoms with Crippen LogP contribution in [0.1, 0.15) is 25.3 Å². The molecule has 1 aromatic carbocycles. The Morgan fingerprint density at radius 2 is 1.95 bits per heavy atom. The summed E-state index contributed by atoms with van der Waals surface area (Å²) in [6.07, 6.45) is 2.36. The van der Waals surface area contributed by atoms with E-state index in [1.165, 1.54) is 13.1 Å². The van der Waals surface area contributed by atoms with Gasteiger partial charge < -0.3 is 9.64 Å². The van der Waals surface area contributed by atoms with Crippen LogP contribution >= 0.6 is 0 Å². The molecular formula is C16H22FNO. The van der Waals surface area contributed by atoms with E-state index in [0.717, 1.165) is 31.2 Å². The molecule has 1 saturated heterocycles. The first-order chi connectivity index (χ1) is 9.17. The van der Waals surface area contributed by atoms with Gasteiger partial charge in [-0.3, -0.25) is 0 Å². The normalized spacial score (nSPS) is 30.6. The summed E-state index contributed by atoms with van der Waals surface area (Å²) in [5.74, 6) is 1.72. The van der Waals surface area contributed by atoms with Crippen LogP contribution in [0.4, 0.5) is 4.39 Å². The summed E-state index contributed by atoms with van der Waals surface area (Å²) in [7, 11) is 0. The van der Waals surface area contributed by atoms with Gasteiger partial charge in [0.2, 0.25) is 0 Å². The summed E-state index contributed by atoms with van der Waals surface area (Å²) in [6, 6.07) is 5.39. The molecule has 0 amide bonds. The molecule has 0 bridgehead atoms. The van der Waals surface area contributed by atoms with E-state index in [1.54, 1.807) is 19.1 Å². The number of nitrogens with zero attached hydrogens (tertiary/aromatic N) is 1. The third-order valence-electron chi connectivity index (χ3n) is 4.68. The van der Waals surface area contributed by atoms with Crippen LogP contribution in [-0.4, -0.2) is 30.6 Å². The van der Waals surface area contributed by atoms with Crippen molar-refractivity contribution in [2.45, 2.75) is 32.8 Å². The van der Waals surface area contributed by atoms with Crippen LogP contribution in [0.15, 0.2) is 18.2 Å². The fourth-order valence-corrected chi connectivity index (χ4v) is 3.59. The number of benzene rings is 1. The predicted octanol–water partition coefficient (Wildman–Crippen LogP) is 3.24. The molecule has 3 heteroatoms. The van der Waals surface area contributed by atoms with Crippen LogP contribution in [0.2, 0.25) is 0 Å². The maximum atomic E-state index is 13.9. The fraction of sp³-hybridized carbons (Fsp3) is 0.625. The Bertz CT molecular complexity index is 448. The molecule has 0 N–H and O–H groups in total. The monoisotopic (exact) mass is 263 g/mol. The summed E-state index contributed by atoms with van der Waals surface area (Å²) in [5.41, 5.74) is 0.660. The second-order valence-corrected chi connectivity index (χ2v) is 5.97. The van der Waals surface area contributed by atoms with Crippen molar-refractivity contribution in [1.29, 1.82) is 0 Å². The number of hydrogen-bond donors (Lipinski definition) is 0. The zero-order chi connectivity index (χ0) is 13.4. The maximum absolute atomic E-state index is 13.9. The minimum atomic E-state index is -0.199. The number of rotatable bonds is 3. The predicted molar refractivity (Wildman–Crippen MR) is 73.9 cm³/mol. The van der Waals surface area contributed by atoms with Crippen molar-refractivity contribution in [3.05, 3.63) is 29.6 Å². The van der Waals surface area contributed by atoms with Crippen LogP contribution in [0.5, 0.6) is 5.75 Å². The number of aryl methyl sites for hydroxylation is 1. The van der Waals surface area contributed by atoms with Crippen molar-refractivity contribution >= 4 is 0 Å². The first-order valence-electron chi connectivity index (χ1n) is 7.31. The SMILES string of the molecule is CCN1C[C@H]2CC(Oc3cccc(C)c3F)C[C@H]2C1. The minimum absolute atomic E-state index is 0.199. The van der Waals surface area contributed by atoms with E-state index in [9.17, 15) is 4.39 Å². The second kappa shape index (κ2) is 5.12. The maximum Gasteiger partial charge on any atom is 0.167 e. The molecule has 1 aliphatic carbocycles. The highest BCUT2D eigenvalue weighted by atomic mass is 19.1. The van der Waals surface area contributed by atoms with Gasteiger partial charge in [-0.2, -0.15) is 0 Å². The number of hydrogen-bond acceptors (Lipinski definition) is 2. The Labute approximate surface area is 114 Å². The largest absolute Gasteiger partial charge is 0.487 e. The lowest BCUT2D eigenvalue weighted by atomic mass is 10.0. The van der Waals surface area contributed by atoms with Gasteiger partial charge in [-0.15, -0.1) is 0 Å². The molecule has 1 aliphatic heterocycles. The molecule has 1 unspecified atom stereocenters. The molecular weight excluding hydrogens is 241 g/mol. The van der Waals surface area contributed by atoms with Gasteiger partial charge in [0.25, 0.3) is 0 Å². The van der Waals surface area contributed by atoms with Gasteiger partial charge in [-0.25, -0.2) is 4.39 Å². The van der Waals surface area contributed by atoms with Crippen molar-refractivity contribution in [1.82, 2.24) is 4.90 Å². The molecule has 2 nitrogen and oxygen atoms in total. The van der Waals surface area contributed by atoms with Gasteiger partial charge in [-0.1, -0.05) is 19.1 Å². The van der Waals surface area contributed by atoms with Gasteiger partial charge in [0.1, 0.15) is 0 Å². The van der Waals surface area contributed by atoms with Gasteiger partial charge >= 0.3 is 0 Å². The Hall–Kier alpha value is -1.09. The molecule has 1 aromatic rings. The Morgan fingerprint density at radius 1 is 1.26 bits per heavy atom.